The SMILES string of the molecule is O=C(O)C1(c2ccccc2)CCS(=O)(=O)CC1. The molecular formula is C12H14O4S. The van der Waals surface area contributed by atoms with Crippen LogP contribution >= 0.6 is 0 Å². The van der Waals surface area contributed by atoms with E-state index in [1.54, 1.807) is 24.3 Å². The van der Waals surface area contributed by atoms with Gasteiger partial charge in [0.2, 0.25) is 0 Å². The third-order valence-electron chi connectivity index (χ3n) is 3.42. The molecule has 1 saturated heterocycles. The molecule has 17 heavy (non-hydrogen) atoms. The van der Waals surface area contributed by atoms with Gasteiger partial charge in [0.15, 0.2) is 0 Å². The quantitative estimate of drug-likeness (QED) is 0.861. The lowest BCUT2D eigenvalue weighted by atomic mass is 9.75. The average Bonchev–Trinajstić information content (AvgIpc) is 2.30. The molecule has 0 atom stereocenters. The first-order chi connectivity index (χ1) is 7.96. The zero-order chi connectivity index (χ0) is 12.5. The molecule has 0 radical (unpaired) electrons. The van der Waals surface area contributed by atoms with Gasteiger partial charge in [-0.05, 0) is 18.4 Å². The first-order valence-electron chi connectivity index (χ1n) is 5.46. The lowest BCUT2D eigenvalue weighted by Crippen LogP contribution is -2.43. The molecule has 0 aliphatic carbocycles. The van der Waals surface area contributed by atoms with Gasteiger partial charge < -0.3 is 5.11 Å². The molecule has 1 aliphatic rings. The van der Waals surface area contributed by atoms with E-state index in [1.807, 2.05) is 6.07 Å². The van der Waals surface area contributed by atoms with Crippen molar-refractivity contribution in [2.75, 3.05) is 11.5 Å². The van der Waals surface area contributed by atoms with Crippen LogP contribution in [0.4, 0.5) is 0 Å². The molecule has 0 saturated carbocycles. The molecule has 1 aromatic rings. The van der Waals surface area contributed by atoms with Crippen molar-refractivity contribution >= 4 is 15.8 Å². The van der Waals surface area contributed by atoms with E-state index in [4.69, 9.17) is 0 Å². The Morgan fingerprint density at radius 2 is 1.65 bits per heavy atom. The predicted molar refractivity (Wildman–Crippen MR) is 63.6 cm³/mol. The molecule has 0 spiro atoms. The van der Waals surface area contributed by atoms with Crippen LogP contribution in [0.25, 0.3) is 0 Å². The van der Waals surface area contributed by atoms with Gasteiger partial charge in [-0.1, -0.05) is 30.3 Å². The van der Waals surface area contributed by atoms with Gasteiger partial charge in [0.1, 0.15) is 9.84 Å². The Labute approximate surface area is 100 Å². The van der Waals surface area contributed by atoms with Gasteiger partial charge in [0, 0.05) is 0 Å². The van der Waals surface area contributed by atoms with E-state index in [1.165, 1.54) is 0 Å². The molecule has 0 bridgehead atoms. The molecule has 1 N–H and O–H groups in total. The third kappa shape index (κ3) is 2.20. The second-order valence-electron chi connectivity index (χ2n) is 4.41. The molecule has 1 aromatic carbocycles. The Morgan fingerprint density at radius 1 is 1.12 bits per heavy atom. The zero-order valence-electron chi connectivity index (χ0n) is 9.30. The average molecular weight is 254 g/mol. The standard InChI is InChI=1S/C12H14O4S/c13-11(14)12(10-4-2-1-3-5-10)6-8-17(15,16)9-7-12/h1-5H,6-9H2,(H,13,14). The molecule has 1 fully saturated rings. The molecule has 92 valence electrons. The first-order valence-corrected chi connectivity index (χ1v) is 7.28. The van der Waals surface area contributed by atoms with E-state index in [0.717, 1.165) is 0 Å². The molecule has 0 amide bonds. The highest BCUT2D eigenvalue weighted by molar-refractivity contribution is 7.91. The summed E-state index contributed by atoms with van der Waals surface area (Å²) in [6.07, 6.45) is 0.323. The fourth-order valence-electron chi connectivity index (χ4n) is 2.27. The summed E-state index contributed by atoms with van der Waals surface area (Å²) in [5, 5.41) is 9.42. The lowest BCUT2D eigenvalue weighted by molar-refractivity contribution is -0.144. The van der Waals surface area contributed by atoms with Gasteiger partial charge in [-0.2, -0.15) is 0 Å². The minimum atomic E-state index is -3.06. The van der Waals surface area contributed by atoms with Crippen LogP contribution in [0, 0.1) is 0 Å². The Morgan fingerprint density at radius 3 is 2.12 bits per heavy atom. The van der Waals surface area contributed by atoms with Crippen molar-refractivity contribution in [2.45, 2.75) is 18.3 Å². The number of hydrogen-bond donors (Lipinski definition) is 1. The maximum Gasteiger partial charge on any atom is 0.314 e. The van der Waals surface area contributed by atoms with Crippen molar-refractivity contribution in [3.8, 4) is 0 Å². The summed E-state index contributed by atoms with van der Waals surface area (Å²) in [5.74, 6) is -1.03. The van der Waals surface area contributed by atoms with E-state index >= 15 is 0 Å². The molecule has 0 unspecified atom stereocenters. The molecule has 1 aliphatic heterocycles. The number of sulfone groups is 1. The van der Waals surface area contributed by atoms with Crippen LogP contribution in [0.1, 0.15) is 18.4 Å². The minimum absolute atomic E-state index is 0.0474. The van der Waals surface area contributed by atoms with Gasteiger partial charge in [-0.25, -0.2) is 8.42 Å². The van der Waals surface area contributed by atoms with Crippen LogP contribution in [-0.2, 0) is 20.0 Å². The normalized spacial score (nSPS) is 21.9. The van der Waals surface area contributed by atoms with Gasteiger partial charge in [0.25, 0.3) is 0 Å². The van der Waals surface area contributed by atoms with Crippen molar-refractivity contribution < 1.29 is 18.3 Å². The monoisotopic (exact) mass is 254 g/mol. The van der Waals surface area contributed by atoms with Crippen molar-refractivity contribution in [3.05, 3.63) is 35.9 Å². The summed E-state index contributed by atoms with van der Waals surface area (Å²) < 4.78 is 22.8. The number of carboxylic acid groups (broad SMARTS) is 1. The molecule has 1 heterocycles. The zero-order valence-corrected chi connectivity index (χ0v) is 10.1. The largest absolute Gasteiger partial charge is 0.481 e. The van der Waals surface area contributed by atoms with E-state index in [0.29, 0.717) is 5.56 Å². The Hall–Kier alpha value is -1.36. The van der Waals surface area contributed by atoms with Crippen LogP contribution in [0.2, 0.25) is 0 Å². The van der Waals surface area contributed by atoms with Crippen molar-refractivity contribution in [1.82, 2.24) is 0 Å². The van der Waals surface area contributed by atoms with Gasteiger partial charge in [-0.15, -0.1) is 0 Å². The number of benzene rings is 1. The number of carboxylic acids is 1. The van der Waals surface area contributed by atoms with Gasteiger partial charge >= 0.3 is 5.97 Å². The second kappa shape index (κ2) is 4.14. The summed E-state index contributed by atoms with van der Waals surface area (Å²) in [5.41, 5.74) is -0.338. The van der Waals surface area contributed by atoms with E-state index in [-0.39, 0.29) is 24.3 Å². The summed E-state index contributed by atoms with van der Waals surface area (Å²) in [4.78, 5) is 11.5. The number of rotatable bonds is 2. The molecular weight excluding hydrogens is 240 g/mol. The van der Waals surface area contributed by atoms with Gasteiger partial charge in [-0.3, -0.25) is 4.79 Å². The van der Waals surface area contributed by atoms with E-state index < -0.39 is 21.2 Å². The van der Waals surface area contributed by atoms with Crippen molar-refractivity contribution in [3.63, 3.8) is 0 Å². The number of hydrogen-bond acceptors (Lipinski definition) is 3. The summed E-state index contributed by atoms with van der Waals surface area (Å²) >= 11 is 0. The first kappa shape index (κ1) is 12.1. The maximum atomic E-state index is 11.5. The van der Waals surface area contributed by atoms with Crippen LogP contribution in [0.3, 0.4) is 0 Å². The third-order valence-corrected chi connectivity index (χ3v) is 5.07. The fraction of sp³-hybridized carbons (Fsp3) is 0.417. The summed E-state index contributed by atoms with van der Waals surface area (Å²) in [7, 11) is -3.06. The summed E-state index contributed by atoms with van der Waals surface area (Å²) in [6.45, 7) is 0. The van der Waals surface area contributed by atoms with E-state index in [2.05, 4.69) is 0 Å². The highest BCUT2D eigenvalue weighted by Gasteiger charge is 2.44. The topological polar surface area (TPSA) is 71.4 Å². The Bertz CT molecular complexity index is 505. The lowest BCUT2D eigenvalue weighted by Gasteiger charge is -2.33. The van der Waals surface area contributed by atoms with Gasteiger partial charge in [0.05, 0.1) is 16.9 Å². The maximum absolute atomic E-state index is 11.5. The number of aliphatic carboxylic acids is 1. The predicted octanol–water partition coefficient (Wildman–Crippen LogP) is 1.22. The Kier molecular flexibility index (Phi) is 2.95. The van der Waals surface area contributed by atoms with Crippen LogP contribution in [-0.4, -0.2) is 31.0 Å². The smallest absolute Gasteiger partial charge is 0.314 e. The van der Waals surface area contributed by atoms with Crippen LogP contribution in [0.15, 0.2) is 30.3 Å². The molecule has 5 heteroatoms. The second-order valence-corrected chi connectivity index (χ2v) is 6.71. The minimum Gasteiger partial charge on any atom is -0.481 e. The summed E-state index contributed by atoms with van der Waals surface area (Å²) in [6, 6.07) is 8.89. The van der Waals surface area contributed by atoms with E-state index in [9.17, 15) is 18.3 Å². The van der Waals surface area contributed by atoms with Crippen molar-refractivity contribution in [1.29, 1.82) is 0 Å². The highest BCUT2D eigenvalue weighted by atomic mass is 32.2. The molecule has 0 aromatic heterocycles. The Balaban J connectivity index is 2.40. The molecule has 2 rings (SSSR count). The van der Waals surface area contributed by atoms with Crippen molar-refractivity contribution in [2.24, 2.45) is 0 Å². The highest BCUT2D eigenvalue weighted by Crippen LogP contribution is 2.36. The fourth-order valence-corrected chi connectivity index (χ4v) is 3.79. The van der Waals surface area contributed by atoms with Crippen LogP contribution in [0.5, 0.6) is 0 Å². The number of carbonyl (C=O) groups is 1. The molecule has 4 nitrogen and oxygen atoms in total. The van der Waals surface area contributed by atoms with Crippen LogP contribution < -0.4 is 0 Å².